The van der Waals surface area contributed by atoms with Gasteiger partial charge in [0, 0.05) is 31.7 Å². The molecule has 3 aliphatic rings. The predicted octanol–water partition coefficient (Wildman–Crippen LogP) is 1.93. The van der Waals surface area contributed by atoms with Gasteiger partial charge in [0.05, 0.1) is 11.4 Å². The van der Waals surface area contributed by atoms with Crippen molar-refractivity contribution in [3.05, 3.63) is 36.4 Å². The molecule has 29 heavy (non-hydrogen) atoms. The molecular weight excluding hydrogens is 368 g/mol. The van der Waals surface area contributed by atoms with Crippen molar-refractivity contribution < 1.29 is 14.4 Å². The Morgan fingerprint density at radius 3 is 2.62 bits per heavy atom. The molecule has 154 valence electrons. The van der Waals surface area contributed by atoms with Gasteiger partial charge in [0.25, 0.3) is 5.91 Å². The summed E-state index contributed by atoms with van der Waals surface area (Å²) in [7, 11) is 0. The van der Waals surface area contributed by atoms with Crippen molar-refractivity contribution >= 4 is 29.1 Å². The predicted molar refractivity (Wildman–Crippen MR) is 112 cm³/mol. The quantitative estimate of drug-likeness (QED) is 0.772. The van der Waals surface area contributed by atoms with Crippen LogP contribution in [0.4, 0.5) is 11.4 Å². The molecule has 1 aromatic rings. The van der Waals surface area contributed by atoms with Crippen LogP contribution in [-0.4, -0.2) is 61.4 Å². The zero-order chi connectivity index (χ0) is 20.4. The van der Waals surface area contributed by atoms with Crippen molar-refractivity contribution in [3.63, 3.8) is 0 Å². The lowest BCUT2D eigenvalue weighted by molar-refractivity contribution is -0.124. The highest BCUT2D eigenvalue weighted by atomic mass is 16.2. The standard InChI is InChI=1S/C22H28N4O3/c1-2-10-23-20(27)15-26-19-14-16(21(28)24-11-5-6-12-24)8-9-17(19)25-13-4-3-7-18(25)22(26)29/h2,8-9,14,18H,1,3-7,10-13,15H2,(H,23,27). The van der Waals surface area contributed by atoms with Gasteiger partial charge >= 0.3 is 0 Å². The van der Waals surface area contributed by atoms with E-state index in [0.717, 1.165) is 57.4 Å². The average Bonchev–Trinajstić information content (AvgIpc) is 3.29. The molecule has 3 heterocycles. The van der Waals surface area contributed by atoms with Gasteiger partial charge in [-0.05, 0) is 50.3 Å². The van der Waals surface area contributed by atoms with Crippen molar-refractivity contribution in [2.75, 3.05) is 42.5 Å². The number of likely N-dealkylation sites (tertiary alicyclic amines) is 1. The summed E-state index contributed by atoms with van der Waals surface area (Å²) in [5.74, 6) is -0.295. The van der Waals surface area contributed by atoms with Gasteiger partial charge in [-0.2, -0.15) is 0 Å². The first-order chi connectivity index (χ1) is 14.1. The maximum atomic E-state index is 13.3. The molecule has 0 bridgehead atoms. The van der Waals surface area contributed by atoms with Crippen LogP contribution >= 0.6 is 0 Å². The highest BCUT2D eigenvalue weighted by Crippen LogP contribution is 2.40. The minimum Gasteiger partial charge on any atom is -0.358 e. The zero-order valence-electron chi connectivity index (χ0n) is 16.7. The Morgan fingerprint density at radius 1 is 1.10 bits per heavy atom. The van der Waals surface area contributed by atoms with E-state index in [9.17, 15) is 14.4 Å². The summed E-state index contributed by atoms with van der Waals surface area (Å²) in [4.78, 5) is 44.1. The van der Waals surface area contributed by atoms with Gasteiger partial charge in [-0.25, -0.2) is 0 Å². The Balaban J connectivity index is 1.68. The average molecular weight is 396 g/mol. The smallest absolute Gasteiger partial charge is 0.253 e. The maximum absolute atomic E-state index is 13.3. The van der Waals surface area contributed by atoms with Crippen molar-refractivity contribution in [3.8, 4) is 0 Å². The largest absolute Gasteiger partial charge is 0.358 e. The number of benzene rings is 1. The van der Waals surface area contributed by atoms with Crippen molar-refractivity contribution in [2.45, 2.75) is 38.1 Å². The fourth-order valence-electron chi connectivity index (χ4n) is 4.54. The first kappa shape index (κ1) is 19.5. The van der Waals surface area contributed by atoms with Gasteiger partial charge in [-0.15, -0.1) is 6.58 Å². The van der Waals surface area contributed by atoms with Crippen LogP contribution in [0.3, 0.4) is 0 Å². The van der Waals surface area contributed by atoms with Crippen LogP contribution < -0.4 is 15.1 Å². The van der Waals surface area contributed by atoms with Gasteiger partial charge in [-0.3, -0.25) is 19.3 Å². The molecule has 3 aliphatic heterocycles. The third-order valence-corrected chi connectivity index (χ3v) is 6.02. The van der Waals surface area contributed by atoms with Crippen molar-refractivity contribution in [2.24, 2.45) is 0 Å². The lowest BCUT2D eigenvalue weighted by Gasteiger charge is -2.45. The first-order valence-electron chi connectivity index (χ1n) is 10.5. The van der Waals surface area contributed by atoms with E-state index in [-0.39, 0.29) is 30.3 Å². The van der Waals surface area contributed by atoms with Crippen LogP contribution in [0.15, 0.2) is 30.9 Å². The molecule has 7 heteroatoms. The molecule has 1 atom stereocenters. The number of anilines is 2. The van der Waals surface area contributed by atoms with E-state index in [2.05, 4.69) is 16.8 Å². The number of nitrogens with zero attached hydrogens (tertiary/aromatic N) is 3. The van der Waals surface area contributed by atoms with Gasteiger partial charge in [0.2, 0.25) is 11.8 Å². The minimum absolute atomic E-state index is 0.00502. The van der Waals surface area contributed by atoms with E-state index >= 15 is 0 Å². The Bertz CT molecular complexity index is 831. The number of carbonyl (C=O) groups is 3. The molecule has 1 aromatic carbocycles. The van der Waals surface area contributed by atoms with Gasteiger partial charge in [0.1, 0.15) is 12.6 Å². The maximum Gasteiger partial charge on any atom is 0.253 e. The molecule has 0 aliphatic carbocycles. The Hall–Kier alpha value is -2.83. The zero-order valence-corrected chi connectivity index (χ0v) is 16.7. The van der Waals surface area contributed by atoms with E-state index in [0.29, 0.717) is 17.8 Å². The third-order valence-electron chi connectivity index (χ3n) is 6.02. The van der Waals surface area contributed by atoms with Crippen molar-refractivity contribution in [1.29, 1.82) is 0 Å². The summed E-state index contributed by atoms with van der Waals surface area (Å²) < 4.78 is 0. The topological polar surface area (TPSA) is 73.0 Å². The number of fused-ring (bicyclic) bond motifs is 3. The molecule has 0 saturated carbocycles. The molecule has 1 unspecified atom stereocenters. The van der Waals surface area contributed by atoms with Gasteiger partial charge in [0.15, 0.2) is 0 Å². The second-order valence-electron chi connectivity index (χ2n) is 7.92. The Labute approximate surface area is 171 Å². The second-order valence-corrected chi connectivity index (χ2v) is 7.92. The molecular formula is C22H28N4O3. The molecule has 0 radical (unpaired) electrons. The summed E-state index contributed by atoms with van der Waals surface area (Å²) in [5.41, 5.74) is 2.17. The van der Waals surface area contributed by atoms with Crippen LogP contribution in [0.1, 0.15) is 42.5 Å². The van der Waals surface area contributed by atoms with E-state index < -0.39 is 0 Å². The Morgan fingerprint density at radius 2 is 1.86 bits per heavy atom. The van der Waals surface area contributed by atoms with Crippen molar-refractivity contribution in [1.82, 2.24) is 10.2 Å². The number of hydrogen-bond acceptors (Lipinski definition) is 4. The van der Waals surface area contributed by atoms with E-state index in [4.69, 9.17) is 0 Å². The summed E-state index contributed by atoms with van der Waals surface area (Å²) in [6, 6.07) is 5.36. The van der Waals surface area contributed by atoms with E-state index in [1.54, 1.807) is 17.0 Å². The van der Waals surface area contributed by atoms with Crippen LogP contribution in [0.25, 0.3) is 0 Å². The molecule has 2 fully saturated rings. The molecule has 4 rings (SSSR count). The van der Waals surface area contributed by atoms with Crippen LogP contribution in [0.5, 0.6) is 0 Å². The molecule has 0 aromatic heterocycles. The van der Waals surface area contributed by atoms with E-state index in [1.165, 1.54) is 0 Å². The molecule has 7 nitrogen and oxygen atoms in total. The number of hydrogen-bond donors (Lipinski definition) is 1. The van der Waals surface area contributed by atoms with Crippen LogP contribution in [0, 0.1) is 0 Å². The highest BCUT2D eigenvalue weighted by molar-refractivity contribution is 6.09. The lowest BCUT2D eigenvalue weighted by atomic mass is 9.95. The summed E-state index contributed by atoms with van der Waals surface area (Å²) in [6.07, 6.45) is 6.50. The molecule has 0 spiro atoms. The molecule has 3 amide bonds. The van der Waals surface area contributed by atoms with Crippen LogP contribution in [0.2, 0.25) is 0 Å². The Kier molecular flexibility index (Phi) is 5.56. The molecule has 2 saturated heterocycles. The monoisotopic (exact) mass is 396 g/mol. The highest BCUT2D eigenvalue weighted by Gasteiger charge is 2.40. The summed E-state index contributed by atoms with van der Waals surface area (Å²) >= 11 is 0. The van der Waals surface area contributed by atoms with Gasteiger partial charge in [-0.1, -0.05) is 6.08 Å². The van der Waals surface area contributed by atoms with Gasteiger partial charge < -0.3 is 15.1 Å². The first-order valence-corrected chi connectivity index (χ1v) is 10.5. The number of amides is 3. The second kappa shape index (κ2) is 8.27. The lowest BCUT2D eigenvalue weighted by Crippen LogP contribution is -2.57. The fourth-order valence-corrected chi connectivity index (χ4v) is 4.54. The molecule has 1 N–H and O–H groups in total. The number of piperidine rings is 1. The summed E-state index contributed by atoms with van der Waals surface area (Å²) in [6.45, 7) is 6.28. The van der Waals surface area contributed by atoms with Crippen LogP contribution in [-0.2, 0) is 9.59 Å². The summed E-state index contributed by atoms with van der Waals surface area (Å²) in [5, 5.41) is 2.75. The SMILES string of the molecule is C=CCNC(=O)CN1C(=O)C2CCCCN2c2ccc(C(=O)N3CCCC3)cc21. The van der Waals surface area contributed by atoms with E-state index in [1.807, 2.05) is 17.0 Å². The fraction of sp³-hybridized carbons (Fsp3) is 0.500. The number of nitrogens with one attached hydrogen (secondary N) is 1. The minimum atomic E-state index is -0.233. The third kappa shape index (κ3) is 3.73. The number of rotatable bonds is 5. The normalized spacial score (nSPS) is 20.9. The number of carbonyl (C=O) groups excluding carboxylic acids is 3.